The second kappa shape index (κ2) is 6.97. The van der Waals surface area contributed by atoms with E-state index in [4.69, 9.17) is 5.84 Å². The summed E-state index contributed by atoms with van der Waals surface area (Å²) in [5.41, 5.74) is 0.438. The van der Waals surface area contributed by atoms with Crippen LogP contribution in [0.5, 0.6) is 0 Å². The lowest BCUT2D eigenvalue weighted by Crippen LogP contribution is -2.33. The van der Waals surface area contributed by atoms with Crippen LogP contribution in [0.4, 0.5) is 0 Å². The SMILES string of the molecule is Cc1c(C(=O)NCCCCC(C)C)n(N)ccc1=O. The van der Waals surface area contributed by atoms with E-state index < -0.39 is 0 Å². The summed E-state index contributed by atoms with van der Waals surface area (Å²) in [5.74, 6) is 6.07. The zero-order chi connectivity index (χ0) is 14.4. The zero-order valence-electron chi connectivity index (χ0n) is 11.9. The van der Waals surface area contributed by atoms with Crippen LogP contribution >= 0.6 is 0 Å². The van der Waals surface area contributed by atoms with E-state index in [1.165, 1.54) is 16.9 Å². The first-order chi connectivity index (χ1) is 8.93. The number of aromatic nitrogens is 1. The molecule has 0 aromatic carbocycles. The fourth-order valence-corrected chi connectivity index (χ4v) is 1.91. The highest BCUT2D eigenvalue weighted by Gasteiger charge is 2.13. The maximum absolute atomic E-state index is 12.0. The van der Waals surface area contributed by atoms with Crippen molar-refractivity contribution in [3.8, 4) is 0 Å². The molecule has 1 heterocycles. The molecule has 0 aliphatic rings. The molecule has 0 fully saturated rings. The van der Waals surface area contributed by atoms with Gasteiger partial charge in [-0.1, -0.05) is 26.7 Å². The predicted molar refractivity (Wildman–Crippen MR) is 76.6 cm³/mol. The Morgan fingerprint density at radius 2 is 2.11 bits per heavy atom. The molecule has 1 amide bonds. The number of amides is 1. The van der Waals surface area contributed by atoms with E-state index in [1.807, 2.05) is 0 Å². The molecule has 19 heavy (non-hydrogen) atoms. The topological polar surface area (TPSA) is 77.1 Å². The summed E-state index contributed by atoms with van der Waals surface area (Å²) in [5, 5.41) is 2.80. The lowest BCUT2D eigenvalue weighted by molar-refractivity contribution is 0.0944. The molecule has 0 atom stereocenters. The Balaban J connectivity index is 2.55. The first-order valence-corrected chi connectivity index (χ1v) is 6.69. The van der Waals surface area contributed by atoms with E-state index in [9.17, 15) is 9.59 Å². The Morgan fingerprint density at radius 1 is 1.42 bits per heavy atom. The number of nitrogens with one attached hydrogen (secondary N) is 1. The maximum atomic E-state index is 12.0. The van der Waals surface area contributed by atoms with Gasteiger partial charge < -0.3 is 11.2 Å². The van der Waals surface area contributed by atoms with Gasteiger partial charge in [0.25, 0.3) is 5.91 Å². The van der Waals surface area contributed by atoms with Gasteiger partial charge in [0.2, 0.25) is 0 Å². The molecule has 0 saturated heterocycles. The molecular formula is C14H23N3O2. The van der Waals surface area contributed by atoms with Crippen molar-refractivity contribution in [2.45, 2.75) is 40.0 Å². The highest BCUT2D eigenvalue weighted by Crippen LogP contribution is 2.05. The van der Waals surface area contributed by atoms with Crippen molar-refractivity contribution in [1.29, 1.82) is 0 Å². The molecule has 0 saturated carbocycles. The van der Waals surface area contributed by atoms with E-state index in [0.29, 0.717) is 18.0 Å². The standard InChI is InChI=1S/C14H23N3O2/c1-10(2)6-4-5-8-16-14(19)13-11(3)12(18)7-9-17(13)15/h7,9-10H,4-6,8,15H2,1-3H3,(H,16,19). The second-order valence-electron chi connectivity index (χ2n) is 5.21. The van der Waals surface area contributed by atoms with Crippen LogP contribution in [0.15, 0.2) is 17.1 Å². The smallest absolute Gasteiger partial charge is 0.270 e. The molecular weight excluding hydrogens is 242 g/mol. The Morgan fingerprint density at radius 3 is 2.74 bits per heavy atom. The maximum Gasteiger partial charge on any atom is 0.270 e. The molecule has 5 heteroatoms. The highest BCUT2D eigenvalue weighted by molar-refractivity contribution is 5.93. The molecule has 0 aliphatic carbocycles. The average molecular weight is 265 g/mol. The summed E-state index contributed by atoms with van der Waals surface area (Å²) < 4.78 is 1.19. The summed E-state index contributed by atoms with van der Waals surface area (Å²) in [6, 6.07) is 1.36. The van der Waals surface area contributed by atoms with Gasteiger partial charge in [0, 0.05) is 24.4 Å². The molecule has 1 rings (SSSR count). The van der Waals surface area contributed by atoms with Crippen LogP contribution in [-0.4, -0.2) is 17.1 Å². The number of carbonyl (C=O) groups excluding carboxylic acids is 1. The van der Waals surface area contributed by atoms with E-state index in [1.54, 1.807) is 6.92 Å². The number of nitrogens with two attached hydrogens (primary N) is 1. The minimum Gasteiger partial charge on any atom is -0.351 e. The summed E-state index contributed by atoms with van der Waals surface area (Å²) in [4.78, 5) is 23.5. The van der Waals surface area contributed by atoms with E-state index in [2.05, 4.69) is 19.2 Å². The number of nitrogens with zero attached hydrogens (tertiary/aromatic N) is 1. The Bertz CT molecular complexity index is 492. The van der Waals surface area contributed by atoms with Gasteiger partial charge in [-0.3, -0.25) is 14.3 Å². The molecule has 5 nitrogen and oxygen atoms in total. The van der Waals surface area contributed by atoms with Crippen LogP contribution in [-0.2, 0) is 0 Å². The lowest BCUT2D eigenvalue weighted by atomic mass is 10.1. The minimum absolute atomic E-state index is 0.174. The number of nitrogen functional groups attached to an aromatic ring is 1. The summed E-state index contributed by atoms with van der Waals surface area (Å²) in [7, 11) is 0. The van der Waals surface area contributed by atoms with Gasteiger partial charge in [-0.15, -0.1) is 0 Å². The number of pyridine rings is 1. The third-order valence-electron chi connectivity index (χ3n) is 3.08. The zero-order valence-corrected chi connectivity index (χ0v) is 11.9. The van der Waals surface area contributed by atoms with Crippen molar-refractivity contribution >= 4 is 5.91 Å². The lowest BCUT2D eigenvalue weighted by Gasteiger charge is -2.11. The van der Waals surface area contributed by atoms with Gasteiger partial charge in [0.1, 0.15) is 5.69 Å². The molecule has 0 radical (unpaired) electrons. The molecule has 1 aromatic rings. The van der Waals surface area contributed by atoms with E-state index in [0.717, 1.165) is 19.3 Å². The predicted octanol–water partition coefficient (Wildman–Crippen LogP) is 1.43. The van der Waals surface area contributed by atoms with Gasteiger partial charge in [-0.25, -0.2) is 0 Å². The molecule has 0 bridgehead atoms. The van der Waals surface area contributed by atoms with Crippen LogP contribution in [0.3, 0.4) is 0 Å². The number of carbonyl (C=O) groups is 1. The van der Waals surface area contributed by atoms with Crippen molar-refractivity contribution < 1.29 is 4.79 Å². The Kier molecular flexibility index (Phi) is 5.60. The largest absolute Gasteiger partial charge is 0.351 e. The first kappa shape index (κ1) is 15.3. The molecule has 3 N–H and O–H groups in total. The summed E-state index contributed by atoms with van der Waals surface area (Å²) in [6.07, 6.45) is 4.58. The van der Waals surface area contributed by atoms with Crippen molar-refractivity contribution in [2.75, 3.05) is 12.4 Å². The van der Waals surface area contributed by atoms with Gasteiger partial charge in [0.15, 0.2) is 5.43 Å². The molecule has 1 aromatic heterocycles. The van der Waals surface area contributed by atoms with E-state index >= 15 is 0 Å². The fraction of sp³-hybridized carbons (Fsp3) is 0.571. The van der Waals surface area contributed by atoms with Crippen molar-refractivity contribution in [3.05, 3.63) is 33.7 Å². The number of hydrogen-bond acceptors (Lipinski definition) is 3. The molecule has 0 spiro atoms. The third kappa shape index (κ3) is 4.43. The summed E-state index contributed by atoms with van der Waals surface area (Å²) in [6.45, 7) is 6.57. The van der Waals surface area contributed by atoms with E-state index in [-0.39, 0.29) is 17.0 Å². The van der Waals surface area contributed by atoms with Gasteiger partial charge in [-0.05, 0) is 19.3 Å². The van der Waals surface area contributed by atoms with Crippen LogP contribution in [0.2, 0.25) is 0 Å². The van der Waals surface area contributed by atoms with Crippen molar-refractivity contribution in [3.63, 3.8) is 0 Å². The third-order valence-corrected chi connectivity index (χ3v) is 3.08. The normalized spacial score (nSPS) is 10.7. The van der Waals surface area contributed by atoms with Crippen LogP contribution in [0.1, 0.15) is 49.2 Å². The minimum atomic E-state index is -0.290. The number of unbranched alkanes of at least 4 members (excludes halogenated alkanes) is 1. The quantitative estimate of drug-likeness (QED) is 0.603. The monoisotopic (exact) mass is 265 g/mol. The molecule has 0 aliphatic heterocycles. The second-order valence-corrected chi connectivity index (χ2v) is 5.21. The van der Waals surface area contributed by atoms with Gasteiger partial charge >= 0.3 is 0 Å². The Labute approximate surface area is 113 Å². The van der Waals surface area contributed by atoms with Crippen LogP contribution < -0.4 is 16.6 Å². The van der Waals surface area contributed by atoms with Crippen LogP contribution in [0.25, 0.3) is 0 Å². The first-order valence-electron chi connectivity index (χ1n) is 6.69. The number of hydrogen-bond donors (Lipinski definition) is 2. The van der Waals surface area contributed by atoms with Gasteiger partial charge in [-0.2, -0.15) is 0 Å². The fourth-order valence-electron chi connectivity index (χ4n) is 1.91. The average Bonchev–Trinajstić information content (AvgIpc) is 2.33. The highest BCUT2D eigenvalue weighted by atomic mass is 16.2. The van der Waals surface area contributed by atoms with Gasteiger partial charge in [0.05, 0.1) is 0 Å². The van der Waals surface area contributed by atoms with Crippen molar-refractivity contribution in [1.82, 2.24) is 9.99 Å². The Hall–Kier alpha value is -1.78. The van der Waals surface area contributed by atoms with Crippen molar-refractivity contribution in [2.24, 2.45) is 5.92 Å². The number of rotatable bonds is 6. The molecule has 106 valence electrons. The summed E-state index contributed by atoms with van der Waals surface area (Å²) >= 11 is 0. The molecule has 0 unspecified atom stereocenters. The van der Waals surface area contributed by atoms with Crippen LogP contribution in [0, 0.1) is 12.8 Å².